The highest BCUT2D eigenvalue weighted by atomic mass is 14.8. The summed E-state index contributed by atoms with van der Waals surface area (Å²) in [5.74, 6) is 0.324. The molecule has 1 rings (SSSR count). The topological polar surface area (TPSA) is 35.9 Å². The number of hydrogen-bond donors (Lipinski definition) is 2. The zero-order chi connectivity index (χ0) is 10.6. The molecule has 1 unspecified atom stereocenters. The summed E-state index contributed by atoms with van der Waals surface area (Å²) < 4.78 is 0. The van der Waals surface area contributed by atoms with Gasteiger partial charge in [0.15, 0.2) is 0 Å². The zero-order valence-electron chi connectivity index (χ0n) is 9.09. The van der Waals surface area contributed by atoms with Crippen molar-refractivity contribution in [2.24, 2.45) is 5.92 Å². The molecule has 2 heteroatoms. The molecule has 0 radical (unpaired) electrons. The van der Waals surface area contributed by atoms with Gasteiger partial charge in [0.05, 0.1) is 0 Å². The number of benzene rings is 1. The Kier molecular flexibility index (Phi) is 3.69. The van der Waals surface area contributed by atoms with Crippen LogP contribution in [0.3, 0.4) is 0 Å². The Bertz CT molecular complexity index is 318. The van der Waals surface area contributed by atoms with Crippen LogP contribution in [0.1, 0.15) is 25.8 Å². The number of anilines is 1. The van der Waals surface area contributed by atoms with E-state index in [1.54, 1.807) is 0 Å². The maximum Gasteiger partial charge on any atom is 0.0434 e. The summed E-state index contributed by atoms with van der Waals surface area (Å²) in [6.07, 6.45) is 1.01. The lowest BCUT2D eigenvalue weighted by molar-refractivity contribution is 0.736. The third-order valence-corrected chi connectivity index (χ3v) is 2.59. The molecule has 2 nitrogen and oxygen atoms in total. The van der Waals surface area contributed by atoms with E-state index >= 15 is 0 Å². The Hall–Kier alpha value is -1.31. The Labute approximate surface area is 85.9 Å². The van der Waals surface area contributed by atoms with Crippen LogP contribution in [-0.4, -0.2) is 12.8 Å². The monoisotopic (exact) mass is 190 g/mol. The molecule has 14 heavy (non-hydrogen) atoms. The summed E-state index contributed by atoms with van der Waals surface area (Å²) in [6.45, 7) is 4.20. The van der Waals surface area contributed by atoms with Crippen LogP contribution in [0, 0.1) is 11.3 Å². The maximum atomic E-state index is 8.04. The summed E-state index contributed by atoms with van der Waals surface area (Å²) in [6, 6.07) is 7.97. The van der Waals surface area contributed by atoms with Gasteiger partial charge in [0, 0.05) is 24.0 Å². The fourth-order valence-corrected chi connectivity index (χ4v) is 1.41. The number of hydrogen-bond acceptors (Lipinski definition) is 2. The lowest BCUT2D eigenvalue weighted by atomic mass is 9.95. The molecule has 76 valence electrons. The molecule has 0 aliphatic heterocycles. The van der Waals surface area contributed by atoms with Gasteiger partial charge >= 0.3 is 0 Å². The van der Waals surface area contributed by atoms with Crippen LogP contribution in [0.4, 0.5) is 5.69 Å². The largest absolute Gasteiger partial charge is 0.388 e. The van der Waals surface area contributed by atoms with Crippen molar-refractivity contribution in [3.63, 3.8) is 0 Å². The van der Waals surface area contributed by atoms with Crippen molar-refractivity contribution in [2.45, 2.75) is 20.3 Å². The highest BCUT2D eigenvalue weighted by Crippen LogP contribution is 2.19. The van der Waals surface area contributed by atoms with Crippen LogP contribution in [-0.2, 0) is 0 Å². The second-order valence-electron chi connectivity index (χ2n) is 3.52. The summed E-state index contributed by atoms with van der Waals surface area (Å²) >= 11 is 0. The third-order valence-electron chi connectivity index (χ3n) is 2.59. The second-order valence-corrected chi connectivity index (χ2v) is 3.52. The van der Waals surface area contributed by atoms with Crippen molar-refractivity contribution < 1.29 is 0 Å². The maximum absolute atomic E-state index is 8.04. The molecule has 0 spiro atoms. The van der Waals surface area contributed by atoms with Gasteiger partial charge in [-0.05, 0) is 18.4 Å². The number of rotatable bonds is 4. The molecular weight excluding hydrogens is 172 g/mol. The van der Waals surface area contributed by atoms with Gasteiger partial charge in [-0.25, -0.2) is 0 Å². The van der Waals surface area contributed by atoms with E-state index in [9.17, 15) is 0 Å². The quantitative estimate of drug-likeness (QED) is 0.703. The molecule has 0 saturated carbocycles. The van der Waals surface area contributed by atoms with E-state index in [0.717, 1.165) is 23.4 Å². The van der Waals surface area contributed by atoms with Crippen LogP contribution in [0.5, 0.6) is 0 Å². The van der Waals surface area contributed by atoms with Gasteiger partial charge in [0.1, 0.15) is 0 Å². The van der Waals surface area contributed by atoms with Gasteiger partial charge in [0.2, 0.25) is 0 Å². The SMILES string of the molecule is CCC(C)C(=N)c1ccccc1NC. The normalized spacial score (nSPS) is 12.2. The van der Waals surface area contributed by atoms with Gasteiger partial charge in [0.25, 0.3) is 0 Å². The summed E-state index contributed by atoms with van der Waals surface area (Å²) in [7, 11) is 1.89. The van der Waals surface area contributed by atoms with Gasteiger partial charge in [-0.1, -0.05) is 32.0 Å². The van der Waals surface area contributed by atoms with Crippen molar-refractivity contribution in [1.29, 1.82) is 5.41 Å². The van der Waals surface area contributed by atoms with Crippen LogP contribution >= 0.6 is 0 Å². The lowest BCUT2D eigenvalue weighted by Gasteiger charge is -2.14. The average Bonchev–Trinajstić information content (AvgIpc) is 2.26. The molecular formula is C12H18N2. The molecule has 2 N–H and O–H groups in total. The fraction of sp³-hybridized carbons (Fsp3) is 0.417. The summed E-state index contributed by atoms with van der Waals surface area (Å²) in [5.41, 5.74) is 2.78. The summed E-state index contributed by atoms with van der Waals surface area (Å²) in [5, 5.41) is 11.2. The molecule has 0 aliphatic carbocycles. The smallest absolute Gasteiger partial charge is 0.0434 e. The average molecular weight is 190 g/mol. The first-order valence-corrected chi connectivity index (χ1v) is 5.06. The van der Waals surface area contributed by atoms with Crippen molar-refractivity contribution >= 4 is 11.4 Å². The first-order chi connectivity index (χ1) is 6.70. The van der Waals surface area contributed by atoms with Crippen molar-refractivity contribution in [1.82, 2.24) is 0 Å². The predicted molar refractivity (Wildman–Crippen MR) is 62.3 cm³/mol. The first kappa shape index (κ1) is 10.8. The lowest BCUT2D eigenvalue weighted by Crippen LogP contribution is -2.12. The van der Waals surface area contributed by atoms with E-state index in [1.807, 2.05) is 31.3 Å². The molecule has 1 aromatic rings. The van der Waals surface area contributed by atoms with Crippen LogP contribution in [0.15, 0.2) is 24.3 Å². The fourth-order valence-electron chi connectivity index (χ4n) is 1.41. The standard InChI is InChI=1S/C12H18N2/c1-4-9(2)12(13)10-7-5-6-8-11(10)14-3/h5-9,13-14H,4H2,1-3H3. The molecule has 0 bridgehead atoms. The Balaban J connectivity index is 3.00. The minimum Gasteiger partial charge on any atom is -0.388 e. The van der Waals surface area contributed by atoms with Gasteiger partial charge in [-0.3, -0.25) is 0 Å². The van der Waals surface area contributed by atoms with Crippen LogP contribution in [0.25, 0.3) is 0 Å². The Morgan fingerprint density at radius 1 is 1.43 bits per heavy atom. The van der Waals surface area contributed by atoms with E-state index in [1.165, 1.54) is 0 Å². The van der Waals surface area contributed by atoms with E-state index in [-0.39, 0.29) is 0 Å². The predicted octanol–water partition coefficient (Wildman–Crippen LogP) is 3.14. The molecule has 0 aliphatic rings. The molecule has 0 heterocycles. The third kappa shape index (κ3) is 2.13. The van der Waals surface area contributed by atoms with Gasteiger partial charge in [-0.15, -0.1) is 0 Å². The molecule has 0 amide bonds. The second kappa shape index (κ2) is 4.80. The zero-order valence-corrected chi connectivity index (χ0v) is 9.09. The van der Waals surface area contributed by atoms with E-state index in [4.69, 9.17) is 5.41 Å². The van der Waals surface area contributed by atoms with Crippen LogP contribution in [0.2, 0.25) is 0 Å². The number of nitrogens with one attached hydrogen (secondary N) is 2. The molecule has 1 atom stereocenters. The summed E-state index contributed by atoms with van der Waals surface area (Å²) in [4.78, 5) is 0. The minimum atomic E-state index is 0.324. The van der Waals surface area contributed by atoms with Crippen molar-refractivity contribution in [3.05, 3.63) is 29.8 Å². The van der Waals surface area contributed by atoms with Crippen LogP contribution < -0.4 is 5.32 Å². The van der Waals surface area contributed by atoms with E-state index in [0.29, 0.717) is 5.92 Å². The van der Waals surface area contributed by atoms with Crippen molar-refractivity contribution in [3.8, 4) is 0 Å². The first-order valence-electron chi connectivity index (χ1n) is 5.06. The Morgan fingerprint density at radius 3 is 2.64 bits per heavy atom. The highest BCUT2D eigenvalue weighted by molar-refractivity contribution is 6.04. The molecule has 1 aromatic carbocycles. The van der Waals surface area contributed by atoms with Gasteiger partial charge in [-0.2, -0.15) is 0 Å². The minimum absolute atomic E-state index is 0.324. The van der Waals surface area contributed by atoms with E-state index in [2.05, 4.69) is 19.2 Å². The molecule has 0 fully saturated rings. The van der Waals surface area contributed by atoms with Crippen molar-refractivity contribution in [2.75, 3.05) is 12.4 Å². The molecule has 0 saturated heterocycles. The van der Waals surface area contributed by atoms with Gasteiger partial charge < -0.3 is 10.7 Å². The highest BCUT2D eigenvalue weighted by Gasteiger charge is 2.11. The van der Waals surface area contributed by atoms with E-state index < -0.39 is 0 Å². The number of para-hydroxylation sites is 1. The molecule has 0 aromatic heterocycles. The Morgan fingerprint density at radius 2 is 2.07 bits per heavy atom.